The Hall–Kier alpha value is -2.90. The van der Waals surface area contributed by atoms with Crippen molar-refractivity contribution >= 4 is 15.9 Å². The summed E-state index contributed by atoms with van der Waals surface area (Å²) in [4.78, 5) is 12.9. The van der Waals surface area contributed by atoms with Crippen molar-refractivity contribution in [3.05, 3.63) is 89.9 Å². The number of sulfonamides is 1. The molecule has 146 valence electrons. The lowest BCUT2D eigenvalue weighted by atomic mass is 10.0. The highest BCUT2D eigenvalue weighted by Crippen LogP contribution is 2.23. The minimum Gasteiger partial charge on any atom is -0.467 e. The molecule has 0 fully saturated rings. The fourth-order valence-electron chi connectivity index (χ4n) is 2.82. The third kappa shape index (κ3) is 4.68. The molecule has 1 atom stereocenters. The van der Waals surface area contributed by atoms with E-state index in [0.717, 1.165) is 5.56 Å². The Morgan fingerprint density at radius 2 is 1.71 bits per heavy atom. The number of hydrogen-bond acceptors (Lipinski definition) is 4. The quantitative estimate of drug-likeness (QED) is 0.638. The molecule has 1 aromatic heterocycles. The molecule has 2 N–H and O–H groups in total. The smallest absolute Gasteiger partial charge is 0.252 e. The number of rotatable bonds is 7. The van der Waals surface area contributed by atoms with Crippen LogP contribution in [0.4, 0.5) is 0 Å². The molecule has 0 saturated heterocycles. The summed E-state index contributed by atoms with van der Waals surface area (Å²) in [7, 11) is -3.69. The van der Waals surface area contributed by atoms with Crippen molar-refractivity contribution in [1.29, 1.82) is 0 Å². The van der Waals surface area contributed by atoms with Crippen LogP contribution in [0.2, 0.25) is 0 Å². The molecule has 1 heterocycles. The van der Waals surface area contributed by atoms with E-state index in [1.54, 1.807) is 44.4 Å². The van der Waals surface area contributed by atoms with Gasteiger partial charge in [0.05, 0.1) is 11.2 Å². The van der Waals surface area contributed by atoms with E-state index in [1.807, 2.05) is 30.3 Å². The van der Waals surface area contributed by atoms with Crippen LogP contribution in [0.1, 0.15) is 41.6 Å². The number of amides is 1. The average Bonchev–Trinajstić information content (AvgIpc) is 3.20. The Labute approximate surface area is 164 Å². The minimum atomic E-state index is -3.69. The van der Waals surface area contributed by atoms with E-state index in [0.29, 0.717) is 5.76 Å². The molecule has 1 amide bonds. The zero-order valence-electron chi connectivity index (χ0n) is 15.6. The van der Waals surface area contributed by atoms with Crippen molar-refractivity contribution in [2.75, 3.05) is 0 Å². The highest BCUT2D eigenvalue weighted by atomic mass is 32.2. The van der Waals surface area contributed by atoms with Gasteiger partial charge in [0.15, 0.2) is 0 Å². The van der Waals surface area contributed by atoms with Gasteiger partial charge in [0.25, 0.3) is 5.91 Å². The van der Waals surface area contributed by atoms with Gasteiger partial charge in [0, 0.05) is 11.6 Å². The lowest BCUT2D eigenvalue weighted by molar-refractivity contribution is 0.0938. The van der Waals surface area contributed by atoms with Gasteiger partial charge in [-0.2, -0.15) is 0 Å². The molecule has 0 aliphatic rings. The third-order valence-electron chi connectivity index (χ3n) is 4.03. The molecule has 1 unspecified atom stereocenters. The summed E-state index contributed by atoms with van der Waals surface area (Å²) in [5.41, 5.74) is 1.11. The molecule has 7 heteroatoms. The Kier molecular flexibility index (Phi) is 5.96. The maximum absolute atomic E-state index is 12.9. The van der Waals surface area contributed by atoms with Crippen molar-refractivity contribution in [2.24, 2.45) is 0 Å². The van der Waals surface area contributed by atoms with Crippen molar-refractivity contribution in [3.63, 3.8) is 0 Å². The zero-order valence-corrected chi connectivity index (χ0v) is 16.4. The van der Waals surface area contributed by atoms with Crippen LogP contribution in [0.3, 0.4) is 0 Å². The highest BCUT2D eigenvalue weighted by Gasteiger charge is 2.22. The summed E-state index contributed by atoms with van der Waals surface area (Å²) in [6.45, 7) is 3.48. The second-order valence-corrected chi connectivity index (χ2v) is 8.35. The van der Waals surface area contributed by atoms with Crippen LogP contribution in [-0.2, 0) is 10.0 Å². The summed E-state index contributed by atoms with van der Waals surface area (Å²) in [5.74, 6) is 0.191. The van der Waals surface area contributed by atoms with Crippen molar-refractivity contribution in [1.82, 2.24) is 10.0 Å². The monoisotopic (exact) mass is 398 g/mol. The maximum atomic E-state index is 12.9. The summed E-state index contributed by atoms with van der Waals surface area (Å²) in [6.07, 6.45) is 1.54. The van der Waals surface area contributed by atoms with Crippen LogP contribution in [0.25, 0.3) is 0 Å². The van der Waals surface area contributed by atoms with Gasteiger partial charge in [-0.15, -0.1) is 0 Å². The Balaban J connectivity index is 1.88. The molecule has 0 radical (unpaired) electrons. The molecule has 2 aromatic carbocycles. The molecule has 0 bridgehead atoms. The predicted molar refractivity (Wildman–Crippen MR) is 106 cm³/mol. The second-order valence-electron chi connectivity index (χ2n) is 6.64. The van der Waals surface area contributed by atoms with Crippen LogP contribution in [0.5, 0.6) is 0 Å². The number of furan rings is 1. The molecule has 0 aliphatic heterocycles. The van der Waals surface area contributed by atoms with Gasteiger partial charge in [0.1, 0.15) is 11.8 Å². The van der Waals surface area contributed by atoms with E-state index in [9.17, 15) is 13.2 Å². The molecule has 0 spiro atoms. The average molecular weight is 398 g/mol. The van der Waals surface area contributed by atoms with E-state index in [-0.39, 0.29) is 16.5 Å². The number of hydrogen-bond donors (Lipinski definition) is 2. The fourth-order valence-corrected chi connectivity index (χ4v) is 4.11. The first-order valence-corrected chi connectivity index (χ1v) is 10.4. The first-order valence-electron chi connectivity index (χ1n) is 8.88. The first-order chi connectivity index (χ1) is 13.4. The van der Waals surface area contributed by atoms with Gasteiger partial charge in [-0.25, -0.2) is 13.1 Å². The summed E-state index contributed by atoms with van der Waals surface area (Å²) in [6, 6.07) is 18.2. The predicted octanol–water partition coefficient (Wildman–Crippen LogP) is 3.49. The molecule has 6 nitrogen and oxygen atoms in total. The molecule has 28 heavy (non-hydrogen) atoms. The van der Waals surface area contributed by atoms with Gasteiger partial charge >= 0.3 is 0 Å². The second kappa shape index (κ2) is 8.41. The van der Waals surface area contributed by atoms with Gasteiger partial charge in [0.2, 0.25) is 10.0 Å². The van der Waals surface area contributed by atoms with E-state index in [1.165, 1.54) is 12.1 Å². The third-order valence-corrected chi connectivity index (χ3v) is 5.69. The molecule has 3 rings (SSSR count). The van der Waals surface area contributed by atoms with Crippen LogP contribution in [0.15, 0.2) is 82.3 Å². The molecule has 0 saturated carbocycles. The number of nitrogens with one attached hydrogen (secondary N) is 2. The summed E-state index contributed by atoms with van der Waals surface area (Å²) >= 11 is 0. The van der Waals surface area contributed by atoms with E-state index < -0.39 is 22.0 Å². The fraction of sp³-hybridized carbons (Fsp3) is 0.190. The van der Waals surface area contributed by atoms with Crippen molar-refractivity contribution in [2.45, 2.75) is 30.8 Å². The van der Waals surface area contributed by atoms with Gasteiger partial charge < -0.3 is 9.73 Å². The van der Waals surface area contributed by atoms with Crippen LogP contribution >= 0.6 is 0 Å². The number of carbonyl (C=O) groups excluding carboxylic acids is 1. The normalized spacial score (nSPS) is 12.7. The van der Waals surface area contributed by atoms with E-state index in [4.69, 9.17) is 4.42 Å². The zero-order chi connectivity index (χ0) is 20.1. The van der Waals surface area contributed by atoms with Gasteiger partial charge in [-0.05, 0) is 49.7 Å². The van der Waals surface area contributed by atoms with Crippen LogP contribution in [0, 0.1) is 0 Å². The Morgan fingerprint density at radius 1 is 0.964 bits per heavy atom. The lowest BCUT2D eigenvalue weighted by Crippen LogP contribution is -2.31. The largest absolute Gasteiger partial charge is 0.467 e. The minimum absolute atomic E-state index is 0.0445. The number of benzene rings is 2. The Bertz CT molecular complexity index is 1030. The molecular weight excluding hydrogens is 376 g/mol. The van der Waals surface area contributed by atoms with E-state index in [2.05, 4.69) is 10.0 Å². The number of carbonyl (C=O) groups is 1. The van der Waals surface area contributed by atoms with Crippen molar-refractivity contribution in [3.8, 4) is 0 Å². The van der Waals surface area contributed by atoms with Gasteiger partial charge in [-0.3, -0.25) is 4.79 Å². The first kappa shape index (κ1) is 19.9. The standard InChI is InChI=1S/C21H22N2O4S/c1-15(2)23-28(25,26)18-11-6-10-17(14-18)21(24)22-20(19-12-7-13-27-19)16-8-4-3-5-9-16/h3-15,20,23H,1-2H3,(H,22,24). The van der Waals surface area contributed by atoms with Crippen molar-refractivity contribution < 1.29 is 17.6 Å². The topological polar surface area (TPSA) is 88.4 Å². The lowest BCUT2D eigenvalue weighted by Gasteiger charge is -2.17. The molecule has 3 aromatic rings. The highest BCUT2D eigenvalue weighted by molar-refractivity contribution is 7.89. The van der Waals surface area contributed by atoms with Gasteiger partial charge in [-0.1, -0.05) is 36.4 Å². The van der Waals surface area contributed by atoms with Crippen LogP contribution in [-0.4, -0.2) is 20.4 Å². The Morgan fingerprint density at radius 3 is 2.36 bits per heavy atom. The maximum Gasteiger partial charge on any atom is 0.252 e. The SMILES string of the molecule is CC(C)NS(=O)(=O)c1cccc(C(=O)NC(c2ccccc2)c2ccco2)c1. The molecule has 0 aliphatic carbocycles. The van der Waals surface area contributed by atoms with E-state index >= 15 is 0 Å². The van der Waals surface area contributed by atoms with Crippen LogP contribution < -0.4 is 10.0 Å². The summed E-state index contributed by atoms with van der Waals surface area (Å²) < 4.78 is 32.8. The molecular formula is C21H22N2O4S. The summed E-state index contributed by atoms with van der Waals surface area (Å²) in [5, 5.41) is 2.92.